The average molecular weight is 354 g/mol. The minimum Gasteiger partial charge on any atom is -0.427 e. The average Bonchev–Trinajstić information content (AvgIpc) is 2.62. The van der Waals surface area contributed by atoms with E-state index in [0.717, 1.165) is 36.8 Å². The maximum Gasteiger partial charge on any atom is 0.311 e. The summed E-state index contributed by atoms with van der Waals surface area (Å²) in [5, 5.41) is 0. The van der Waals surface area contributed by atoms with Crippen molar-refractivity contribution in [3.63, 3.8) is 0 Å². The van der Waals surface area contributed by atoms with Crippen molar-refractivity contribution in [1.29, 1.82) is 0 Å². The molecule has 0 spiro atoms. The lowest BCUT2D eigenvalue weighted by Gasteiger charge is -2.05. The van der Waals surface area contributed by atoms with Gasteiger partial charge < -0.3 is 9.47 Å². The summed E-state index contributed by atoms with van der Waals surface area (Å²) in [4.78, 5) is 23.5. The third-order valence-electron chi connectivity index (χ3n) is 4.02. The molecule has 0 atom stereocenters. The predicted molar refractivity (Wildman–Crippen MR) is 101 cm³/mol. The van der Waals surface area contributed by atoms with Crippen molar-refractivity contribution in [2.24, 2.45) is 0 Å². The molecule has 4 nitrogen and oxygen atoms in total. The van der Waals surface area contributed by atoms with Gasteiger partial charge in [0.15, 0.2) is 0 Å². The van der Waals surface area contributed by atoms with E-state index in [-0.39, 0.29) is 11.9 Å². The summed E-state index contributed by atoms with van der Waals surface area (Å²) in [5.41, 5.74) is 2.26. The largest absolute Gasteiger partial charge is 0.427 e. The fraction of sp³-hybridized carbons (Fsp3) is 0.364. The summed E-state index contributed by atoms with van der Waals surface area (Å²) in [7, 11) is 0. The van der Waals surface area contributed by atoms with E-state index >= 15 is 0 Å². The highest BCUT2D eigenvalue weighted by molar-refractivity contribution is 5.72. The molecular weight excluding hydrogens is 328 g/mol. The minimum atomic E-state index is -0.215. The highest BCUT2D eigenvalue weighted by atomic mass is 16.5. The van der Waals surface area contributed by atoms with Gasteiger partial charge in [-0.1, -0.05) is 48.2 Å². The molecule has 0 N–H and O–H groups in total. The molecule has 0 unspecified atom stereocenters. The molecule has 0 fully saturated rings. The molecule has 26 heavy (non-hydrogen) atoms. The maximum absolute atomic E-state index is 11.8. The first kappa shape index (κ1) is 19.7. The van der Waals surface area contributed by atoms with E-state index in [2.05, 4.69) is 0 Å². The smallest absolute Gasteiger partial charge is 0.311 e. The molecule has 0 bridgehead atoms. The molecule has 0 saturated carbocycles. The Balaban J connectivity index is 1.53. The van der Waals surface area contributed by atoms with Gasteiger partial charge in [-0.15, -0.1) is 0 Å². The molecule has 2 aromatic rings. The number of esters is 2. The van der Waals surface area contributed by atoms with Gasteiger partial charge in [0.05, 0.1) is 0 Å². The van der Waals surface area contributed by atoms with Gasteiger partial charge >= 0.3 is 11.9 Å². The van der Waals surface area contributed by atoms with Crippen LogP contribution in [0.4, 0.5) is 0 Å². The molecule has 0 heterocycles. The SMILES string of the molecule is Cc1ccc(OC(=O)CCCCCCC(=O)Oc2ccc(C)cc2)cc1. The topological polar surface area (TPSA) is 52.6 Å². The van der Waals surface area contributed by atoms with Gasteiger partial charge in [-0.05, 0) is 51.0 Å². The van der Waals surface area contributed by atoms with Gasteiger partial charge in [-0.25, -0.2) is 0 Å². The number of carbonyl (C=O) groups excluding carboxylic acids is 2. The van der Waals surface area contributed by atoms with Gasteiger partial charge in [-0.3, -0.25) is 9.59 Å². The first-order chi connectivity index (χ1) is 12.5. The van der Waals surface area contributed by atoms with E-state index in [1.165, 1.54) is 0 Å². The molecular formula is C22H26O4. The second kappa shape index (κ2) is 10.4. The van der Waals surface area contributed by atoms with Crippen molar-refractivity contribution in [2.75, 3.05) is 0 Å². The summed E-state index contributed by atoms with van der Waals surface area (Å²) < 4.78 is 10.6. The summed E-state index contributed by atoms with van der Waals surface area (Å²) in [6, 6.07) is 14.9. The Hall–Kier alpha value is -2.62. The van der Waals surface area contributed by atoms with E-state index in [4.69, 9.17) is 9.47 Å². The fourth-order valence-corrected chi connectivity index (χ4v) is 2.47. The van der Waals surface area contributed by atoms with Crippen LogP contribution in [0.25, 0.3) is 0 Å². The van der Waals surface area contributed by atoms with Crippen LogP contribution >= 0.6 is 0 Å². The molecule has 2 aromatic carbocycles. The number of hydrogen-bond acceptors (Lipinski definition) is 4. The van der Waals surface area contributed by atoms with Crippen LogP contribution in [-0.4, -0.2) is 11.9 Å². The predicted octanol–water partition coefficient (Wildman–Crippen LogP) is 5.16. The van der Waals surface area contributed by atoms with Crippen LogP contribution in [0.2, 0.25) is 0 Å². The van der Waals surface area contributed by atoms with E-state index in [0.29, 0.717) is 24.3 Å². The van der Waals surface area contributed by atoms with E-state index in [1.54, 1.807) is 24.3 Å². The Morgan fingerprint density at radius 1 is 0.615 bits per heavy atom. The number of aryl methyl sites for hydroxylation is 2. The number of hydrogen-bond donors (Lipinski definition) is 0. The Labute approximate surface area is 155 Å². The number of carbonyl (C=O) groups is 2. The summed E-state index contributed by atoms with van der Waals surface area (Å²) >= 11 is 0. The maximum atomic E-state index is 11.8. The minimum absolute atomic E-state index is 0.215. The highest BCUT2D eigenvalue weighted by Gasteiger charge is 2.06. The van der Waals surface area contributed by atoms with E-state index < -0.39 is 0 Å². The zero-order valence-corrected chi connectivity index (χ0v) is 15.5. The van der Waals surface area contributed by atoms with Crippen LogP contribution < -0.4 is 9.47 Å². The Morgan fingerprint density at radius 3 is 1.31 bits per heavy atom. The molecule has 0 radical (unpaired) electrons. The third kappa shape index (κ3) is 7.51. The lowest BCUT2D eigenvalue weighted by Crippen LogP contribution is -2.08. The van der Waals surface area contributed by atoms with Crippen molar-refractivity contribution < 1.29 is 19.1 Å². The molecule has 0 amide bonds. The molecule has 2 rings (SSSR count). The normalized spacial score (nSPS) is 10.4. The van der Waals surface area contributed by atoms with E-state index in [1.807, 2.05) is 38.1 Å². The van der Waals surface area contributed by atoms with Crippen LogP contribution in [0.15, 0.2) is 48.5 Å². The lowest BCUT2D eigenvalue weighted by atomic mass is 10.1. The second-order valence-electron chi connectivity index (χ2n) is 6.49. The van der Waals surface area contributed by atoms with Gasteiger partial charge in [0.25, 0.3) is 0 Å². The molecule has 0 aromatic heterocycles. The van der Waals surface area contributed by atoms with Crippen molar-refractivity contribution in [3.05, 3.63) is 59.7 Å². The number of rotatable bonds is 9. The first-order valence-electron chi connectivity index (χ1n) is 9.07. The van der Waals surface area contributed by atoms with Crippen LogP contribution in [-0.2, 0) is 9.59 Å². The first-order valence-corrected chi connectivity index (χ1v) is 9.07. The molecule has 4 heteroatoms. The van der Waals surface area contributed by atoms with Crippen LogP contribution in [0.1, 0.15) is 49.7 Å². The Kier molecular flexibility index (Phi) is 7.87. The van der Waals surface area contributed by atoms with Crippen molar-refractivity contribution in [2.45, 2.75) is 52.4 Å². The fourth-order valence-electron chi connectivity index (χ4n) is 2.47. The quantitative estimate of drug-likeness (QED) is 0.355. The van der Waals surface area contributed by atoms with Crippen LogP contribution in [0.5, 0.6) is 11.5 Å². The molecule has 0 saturated heterocycles. The monoisotopic (exact) mass is 354 g/mol. The molecule has 0 aliphatic heterocycles. The van der Waals surface area contributed by atoms with Crippen molar-refractivity contribution >= 4 is 11.9 Å². The standard InChI is InChI=1S/C22H26O4/c1-17-9-13-19(14-10-17)25-21(23)7-5-3-4-6-8-22(24)26-20-15-11-18(2)12-16-20/h9-16H,3-8H2,1-2H3. The second-order valence-corrected chi connectivity index (χ2v) is 6.49. The van der Waals surface area contributed by atoms with Gasteiger partial charge in [-0.2, -0.15) is 0 Å². The molecule has 138 valence electrons. The number of ether oxygens (including phenoxy) is 2. The van der Waals surface area contributed by atoms with Crippen molar-refractivity contribution in [3.8, 4) is 11.5 Å². The Morgan fingerprint density at radius 2 is 0.962 bits per heavy atom. The summed E-state index contributed by atoms with van der Waals surface area (Å²) in [6.45, 7) is 3.98. The van der Waals surface area contributed by atoms with Crippen LogP contribution in [0.3, 0.4) is 0 Å². The van der Waals surface area contributed by atoms with Gasteiger partial charge in [0, 0.05) is 12.8 Å². The van der Waals surface area contributed by atoms with Crippen molar-refractivity contribution in [1.82, 2.24) is 0 Å². The molecule has 0 aliphatic rings. The van der Waals surface area contributed by atoms with Gasteiger partial charge in [0.2, 0.25) is 0 Å². The summed E-state index contributed by atoms with van der Waals surface area (Å²) in [6.07, 6.45) is 4.08. The number of benzene rings is 2. The number of unbranched alkanes of at least 4 members (excludes halogenated alkanes) is 3. The summed E-state index contributed by atoms with van der Waals surface area (Å²) in [5.74, 6) is 0.735. The van der Waals surface area contributed by atoms with Crippen LogP contribution in [0, 0.1) is 13.8 Å². The zero-order chi connectivity index (χ0) is 18.8. The lowest BCUT2D eigenvalue weighted by molar-refractivity contribution is -0.135. The molecule has 0 aliphatic carbocycles. The highest BCUT2D eigenvalue weighted by Crippen LogP contribution is 2.15. The van der Waals surface area contributed by atoms with Gasteiger partial charge in [0.1, 0.15) is 11.5 Å². The Bertz CT molecular complexity index is 638. The third-order valence-corrected chi connectivity index (χ3v) is 4.02. The van der Waals surface area contributed by atoms with E-state index in [9.17, 15) is 9.59 Å². The zero-order valence-electron chi connectivity index (χ0n) is 15.5.